The molecule has 134 valence electrons. The molecule has 0 spiro atoms. The van der Waals surface area contributed by atoms with Crippen LogP contribution in [0, 0.1) is 12.8 Å². The van der Waals surface area contributed by atoms with E-state index in [1.165, 1.54) is 0 Å². The van der Waals surface area contributed by atoms with E-state index < -0.39 is 5.60 Å². The average molecular weight is 342 g/mol. The standard InChI is InChI=1S/C19H26N4O2/c1-14-5-4-7-17-21-16(13-23(14)17)11-20-18(24)22-10-9-19(25)8-3-2-6-15(19)12-22/h4-5,7,13,15,25H,2-3,6,8-12H2,1H3,(H,20,24). The SMILES string of the molecule is Cc1cccc2nc(CNC(=O)N3CCC4(O)CCCCC4C3)cn12. The maximum atomic E-state index is 12.5. The van der Waals surface area contributed by atoms with Gasteiger partial charge in [-0.15, -0.1) is 0 Å². The Bertz CT molecular complexity index is 787. The zero-order chi connectivity index (χ0) is 17.4. The number of aliphatic hydroxyl groups is 1. The lowest BCUT2D eigenvalue weighted by Gasteiger charge is -2.47. The van der Waals surface area contributed by atoms with Crippen LogP contribution >= 0.6 is 0 Å². The first-order chi connectivity index (χ1) is 12.0. The fraction of sp³-hybridized carbons (Fsp3) is 0.579. The number of hydrogen-bond acceptors (Lipinski definition) is 3. The highest BCUT2D eigenvalue weighted by atomic mass is 16.3. The second kappa shape index (κ2) is 6.33. The van der Waals surface area contributed by atoms with Crippen LogP contribution in [-0.2, 0) is 6.54 Å². The number of piperidine rings is 1. The number of carbonyl (C=O) groups excluding carboxylic acids is 1. The highest BCUT2D eigenvalue weighted by molar-refractivity contribution is 5.74. The van der Waals surface area contributed by atoms with Gasteiger partial charge in [-0.05, 0) is 38.3 Å². The smallest absolute Gasteiger partial charge is 0.317 e. The van der Waals surface area contributed by atoms with Crippen LogP contribution in [0.1, 0.15) is 43.5 Å². The number of imidazole rings is 1. The lowest BCUT2D eigenvalue weighted by molar-refractivity contribution is -0.0870. The number of amides is 2. The molecule has 0 bridgehead atoms. The van der Waals surface area contributed by atoms with E-state index in [0.717, 1.165) is 42.7 Å². The maximum Gasteiger partial charge on any atom is 0.317 e. The van der Waals surface area contributed by atoms with Crippen LogP contribution in [0.4, 0.5) is 4.79 Å². The first kappa shape index (κ1) is 16.4. The van der Waals surface area contributed by atoms with E-state index in [-0.39, 0.29) is 11.9 Å². The molecule has 1 saturated carbocycles. The molecule has 2 aliphatic rings. The van der Waals surface area contributed by atoms with Crippen molar-refractivity contribution in [2.45, 2.75) is 51.2 Å². The summed E-state index contributed by atoms with van der Waals surface area (Å²) in [6.45, 7) is 3.75. The number of aromatic nitrogens is 2. The molecular formula is C19H26N4O2. The van der Waals surface area contributed by atoms with Crippen LogP contribution in [0.15, 0.2) is 24.4 Å². The zero-order valence-electron chi connectivity index (χ0n) is 14.7. The van der Waals surface area contributed by atoms with Crippen LogP contribution in [0.2, 0.25) is 0 Å². The van der Waals surface area contributed by atoms with Crippen molar-refractivity contribution in [2.75, 3.05) is 13.1 Å². The minimum Gasteiger partial charge on any atom is -0.389 e. The Balaban J connectivity index is 1.38. The maximum absolute atomic E-state index is 12.5. The van der Waals surface area contributed by atoms with Crippen LogP contribution in [-0.4, -0.2) is 44.1 Å². The van der Waals surface area contributed by atoms with Gasteiger partial charge < -0.3 is 19.7 Å². The van der Waals surface area contributed by atoms with E-state index in [0.29, 0.717) is 26.1 Å². The average Bonchev–Trinajstić information content (AvgIpc) is 3.03. The summed E-state index contributed by atoms with van der Waals surface area (Å²) in [6, 6.07) is 5.93. The molecule has 2 aromatic rings. The van der Waals surface area contributed by atoms with Crippen molar-refractivity contribution in [3.05, 3.63) is 35.8 Å². The molecule has 2 aromatic heterocycles. The predicted molar refractivity (Wildman–Crippen MR) is 95.3 cm³/mol. The normalized spacial score (nSPS) is 26.5. The second-order valence-electron chi connectivity index (χ2n) is 7.53. The molecule has 4 rings (SSSR count). The summed E-state index contributed by atoms with van der Waals surface area (Å²) in [5, 5.41) is 13.7. The van der Waals surface area contributed by atoms with Crippen LogP contribution < -0.4 is 5.32 Å². The van der Waals surface area contributed by atoms with E-state index in [9.17, 15) is 9.90 Å². The van der Waals surface area contributed by atoms with Gasteiger partial charge in [-0.25, -0.2) is 9.78 Å². The van der Waals surface area contributed by atoms with Gasteiger partial charge >= 0.3 is 6.03 Å². The Hall–Kier alpha value is -2.08. The summed E-state index contributed by atoms with van der Waals surface area (Å²) in [4.78, 5) is 18.9. The third-order valence-corrected chi connectivity index (χ3v) is 5.88. The first-order valence-electron chi connectivity index (χ1n) is 9.24. The minimum atomic E-state index is -0.547. The molecule has 2 fully saturated rings. The molecule has 0 radical (unpaired) electrons. The molecule has 2 amide bonds. The third-order valence-electron chi connectivity index (χ3n) is 5.88. The predicted octanol–water partition coefficient (Wildman–Crippen LogP) is 2.48. The Labute approximate surface area is 147 Å². The van der Waals surface area contributed by atoms with Gasteiger partial charge in [0.2, 0.25) is 0 Å². The lowest BCUT2D eigenvalue weighted by atomic mass is 9.71. The number of pyridine rings is 1. The molecule has 2 N–H and O–H groups in total. The van der Waals surface area contributed by atoms with Crippen molar-refractivity contribution in [3.63, 3.8) is 0 Å². The summed E-state index contributed by atoms with van der Waals surface area (Å²) in [5.41, 5.74) is 2.33. The monoisotopic (exact) mass is 342 g/mol. The van der Waals surface area contributed by atoms with E-state index >= 15 is 0 Å². The van der Waals surface area contributed by atoms with E-state index in [1.54, 1.807) is 0 Å². The van der Waals surface area contributed by atoms with Gasteiger partial charge in [0.1, 0.15) is 5.65 Å². The Morgan fingerprint density at radius 2 is 2.28 bits per heavy atom. The van der Waals surface area contributed by atoms with E-state index in [1.807, 2.05) is 40.6 Å². The van der Waals surface area contributed by atoms with Crippen molar-refractivity contribution in [1.29, 1.82) is 0 Å². The van der Waals surface area contributed by atoms with Crippen molar-refractivity contribution < 1.29 is 9.90 Å². The Morgan fingerprint density at radius 1 is 1.40 bits per heavy atom. The molecule has 6 nitrogen and oxygen atoms in total. The van der Waals surface area contributed by atoms with Gasteiger partial charge in [-0.2, -0.15) is 0 Å². The summed E-state index contributed by atoms with van der Waals surface area (Å²) in [6.07, 6.45) is 6.83. The summed E-state index contributed by atoms with van der Waals surface area (Å²) >= 11 is 0. The molecule has 25 heavy (non-hydrogen) atoms. The fourth-order valence-electron chi connectivity index (χ4n) is 4.32. The second-order valence-corrected chi connectivity index (χ2v) is 7.53. The topological polar surface area (TPSA) is 69.9 Å². The lowest BCUT2D eigenvalue weighted by Crippen LogP contribution is -2.56. The van der Waals surface area contributed by atoms with Crippen molar-refractivity contribution in [3.8, 4) is 0 Å². The van der Waals surface area contributed by atoms with Crippen molar-refractivity contribution in [2.24, 2.45) is 5.92 Å². The molecule has 6 heteroatoms. The first-order valence-corrected chi connectivity index (χ1v) is 9.24. The third kappa shape index (κ3) is 3.11. The van der Waals surface area contributed by atoms with E-state index in [4.69, 9.17) is 0 Å². The number of rotatable bonds is 2. The molecular weight excluding hydrogens is 316 g/mol. The Morgan fingerprint density at radius 3 is 3.12 bits per heavy atom. The Kier molecular flexibility index (Phi) is 4.15. The number of aryl methyl sites for hydroxylation is 1. The molecule has 3 heterocycles. The summed E-state index contributed by atoms with van der Waals surface area (Å²) in [5.74, 6) is 0.221. The van der Waals surface area contributed by atoms with E-state index in [2.05, 4.69) is 10.3 Å². The molecule has 1 aliphatic heterocycles. The minimum absolute atomic E-state index is 0.0543. The largest absolute Gasteiger partial charge is 0.389 e. The highest BCUT2D eigenvalue weighted by Gasteiger charge is 2.43. The summed E-state index contributed by atoms with van der Waals surface area (Å²) < 4.78 is 2.03. The number of urea groups is 1. The molecule has 2 atom stereocenters. The van der Waals surface area contributed by atoms with Crippen LogP contribution in [0.25, 0.3) is 5.65 Å². The number of hydrogen-bond donors (Lipinski definition) is 2. The molecule has 1 saturated heterocycles. The molecule has 1 aliphatic carbocycles. The number of likely N-dealkylation sites (tertiary alicyclic amines) is 1. The van der Waals surface area contributed by atoms with Gasteiger partial charge in [0.05, 0.1) is 17.8 Å². The number of fused-ring (bicyclic) bond motifs is 2. The van der Waals surface area contributed by atoms with Gasteiger partial charge in [0.25, 0.3) is 0 Å². The molecule has 0 aromatic carbocycles. The summed E-state index contributed by atoms with van der Waals surface area (Å²) in [7, 11) is 0. The van der Waals surface area contributed by atoms with Crippen molar-refractivity contribution in [1.82, 2.24) is 19.6 Å². The highest BCUT2D eigenvalue weighted by Crippen LogP contribution is 2.39. The van der Waals surface area contributed by atoms with Crippen LogP contribution in [0.5, 0.6) is 0 Å². The van der Waals surface area contributed by atoms with Gasteiger partial charge in [-0.3, -0.25) is 0 Å². The number of nitrogens with zero attached hydrogens (tertiary/aromatic N) is 3. The van der Waals surface area contributed by atoms with Gasteiger partial charge in [0.15, 0.2) is 0 Å². The zero-order valence-corrected chi connectivity index (χ0v) is 14.7. The fourth-order valence-corrected chi connectivity index (χ4v) is 4.32. The van der Waals surface area contributed by atoms with Gasteiger partial charge in [0, 0.05) is 30.9 Å². The van der Waals surface area contributed by atoms with Gasteiger partial charge in [-0.1, -0.05) is 18.9 Å². The quantitative estimate of drug-likeness (QED) is 0.881. The van der Waals surface area contributed by atoms with Crippen molar-refractivity contribution >= 4 is 11.7 Å². The van der Waals surface area contributed by atoms with Crippen LogP contribution in [0.3, 0.4) is 0 Å². The molecule has 2 unspecified atom stereocenters. The number of nitrogens with one attached hydrogen (secondary N) is 1. The number of carbonyl (C=O) groups is 1.